The van der Waals surface area contributed by atoms with Crippen molar-refractivity contribution < 1.29 is 18.7 Å². The third-order valence-corrected chi connectivity index (χ3v) is 5.23. The van der Waals surface area contributed by atoms with E-state index in [0.717, 1.165) is 22.4 Å². The van der Waals surface area contributed by atoms with Gasteiger partial charge in [0.2, 0.25) is 5.91 Å². The number of nitrogens with one attached hydrogen (secondary N) is 1. The van der Waals surface area contributed by atoms with Crippen LogP contribution in [0.15, 0.2) is 54.9 Å². The minimum Gasteiger partial charge on any atom is -0.465 e. The number of fused-ring (bicyclic) bond motifs is 1. The number of methoxy groups -OCH3 is 1. The van der Waals surface area contributed by atoms with Crippen LogP contribution in [0.5, 0.6) is 0 Å². The van der Waals surface area contributed by atoms with Gasteiger partial charge in [-0.25, -0.2) is 14.2 Å². The van der Waals surface area contributed by atoms with E-state index in [0.29, 0.717) is 11.0 Å². The highest BCUT2D eigenvalue weighted by Crippen LogP contribution is 2.41. The highest BCUT2D eigenvalue weighted by atomic mass is 19.1. The molecule has 4 rings (SSSR count). The lowest BCUT2D eigenvalue weighted by Crippen LogP contribution is -2.16. The molecule has 0 aliphatic carbocycles. The molecule has 0 atom stereocenters. The van der Waals surface area contributed by atoms with Crippen LogP contribution in [0.25, 0.3) is 33.4 Å². The fraction of sp³-hybridized carbons (Fsp3) is 0.167. The highest BCUT2D eigenvalue weighted by molar-refractivity contribution is 6.09. The van der Waals surface area contributed by atoms with Gasteiger partial charge < -0.3 is 14.6 Å². The normalized spacial score (nSPS) is 10.9. The predicted octanol–water partition coefficient (Wildman–Crippen LogP) is 4.58. The zero-order valence-corrected chi connectivity index (χ0v) is 17.8. The lowest BCUT2D eigenvalue weighted by molar-refractivity contribution is -0.115. The quantitative estimate of drug-likeness (QED) is 0.467. The van der Waals surface area contributed by atoms with Crippen LogP contribution in [0, 0.1) is 5.82 Å². The van der Waals surface area contributed by atoms with Crippen LogP contribution in [-0.2, 0) is 16.6 Å². The molecule has 7 nitrogen and oxygen atoms in total. The maximum atomic E-state index is 13.6. The number of anilines is 1. The molecule has 3 aromatic heterocycles. The molecule has 1 N–H and O–H groups in total. The molecule has 1 amide bonds. The van der Waals surface area contributed by atoms with Crippen molar-refractivity contribution >= 4 is 28.7 Å². The number of aromatic nitrogens is 3. The standard InChI is InChI=1S/C24H21FN4O3/c1-4-19(30)27-22-18(24(31)32-3)13-17-20(14-9-11-26-12-10-14)21(29(2)23(17)28-22)15-5-7-16(25)8-6-15/h5-13H,4H2,1-3H3,(H,27,28,30). The third-order valence-electron chi connectivity index (χ3n) is 5.23. The Morgan fingerprint density at radius 3 is 2.41 bits per heavy atom. The maximum Gasteiger partial charge on any atom is 0.341 e. The Balaban J connectivity index is 2.09. The summed E-state index contributed by atoms with van der Waals surface area (Å²) in [6.45, 7) is 1.71. The lowest BCUT2D eigenvalue weighted by Gasteiger charge is -2.09. The first kappa shape index (κ1) is 21.2. The number of nitrogens with zero attached hydrogens (tertiary/aromatic N) is 3. The SMILES string of the molecule is CCC(=O)Nc1nc2c(cc1C(=O)OC)c(-c1ccncc1)c(-c1ccc(F)cc1)n2C. The smallest absolute Gasteiger partial charge is 0.341 e. The van der Waals surface area contributed by atoms with E-state index in [2.05, 4.69) is 15.3 Å². The maximum absolute atomic E-state index is 13.6. The van der Waals surface area contributed by atoms with Crippen LogP contribution in [0.2, 0.25) is 0 Å². The number of hydrogen-bond donors (Lipinski definition) is 1. The summed E-state index contributed by atoms with van der Waals surface area (Å²) in [7, 11) is 3.11. The fourth-order valence-electron chi connectivity index (χ4n) is 3.68. The van der Waals surface area contributed by atoms with Gasteiger partial charge >= 0.3 is 5.97 Å². The molecule has 8 heteroatoms. The van der Waals surface area contributed by atoms with Crippen molar-refractivity contribution in [1.82, 2.24) is 14.5 Å². The molecular formula is C24H21FN4O3. The van der Waals surface area contributed by atoms with Crippen LogP contribution in [0.4, 0.5) is 10.2 Å². The van der Waals surface area contributed by atoms with Crippen LogP contribution >= 0.6 is 0 Å². The van der Waals surface area contributed by atoms with Crippen molar-refractivity contribution in [2.24, 2.45) is 7.05 Å². The predicted molar refractivity (Wildman–Crippen MR) is 120 cm³/mol. The highest BCUT2D eigenvalue weighted by Gasteiger charge is 2.24. The van der Waals surface area contributed by atoms with E-state index in [1.165, 1.54) is 19.2 Å². The van der Waals surface area contributed by atoms with E-state index in [1.54, 1.807) is 37.5 Å². The van der Waals surface area contributed by atoms with Gasteiger partial charge in [0.1, 0.15) is 22.8 Å². The van der Waals surface area contributed by atoms with E-state index in [-0.39, 0.29) is 29.5 Å². The van der Waals surface area contributed by atoms with Gasteiger partial charge in [0.05, 0.1) is 12.8 Å². The molecule has 0 saturated heterocycles. The van der Waals surface area contributed by atoms with Crippen molar-refractivity contribution in [3.05, 3.63) is 66.2 Å². The summed E-state index contributed by atoms with van der Waals surface area (Å²) in [5.74, 6) is -1.10. The number of amides is 1. The molecule has 3 heterocycles. The van der Waals surface area contributed by atoms with E-state index >= 15 is 0 Å². The van der Waals surface area contributed by atoms with Crippen LogP contribution in [-0.4, -0.2) is 33.5 Å². The van der Waals surface area contributed by atoms with Crippen molar-refractivity contribution in [2.45, 2.75) is 13.3 Å². The van der Waals surface area contributed by atoms with Crippen molar-refractivity contribution in [3.8, 4) is 22.4 Å². The van der Waals surface area contributed by atoms with Gasteiger partial charge in [0, 0.05) is 36.8 Å². The summed E-state index contributed by atoms with van der Waals surface area (Å²) in [4.78, 5) is 33.3. The number of esters is 1. The molecule has 0 aliphatic heterocycles. The molecule has 162 valence electrons. The van der Waals surface area contributed by atoms with Gasteiger partial charge in [-0.2, -0.15) is 0 Å². The van der Waals surface area contributed by atoms with Crippen LogP contribution < -0.4 is 5.32 Å². The molecule has 32 heavy (non-hydrogen) atoms. The average molecular weight is 432 g/mol. The first-order valence-corrected chi connectivity index (χ1v) is 10.0. The molecule has 0 aliphatic rings. The fourth-order valence-corrected chi connectivity index (χ4v) is 3.68. The number of hydrogen-bond acceptors (Lipinski definition) is 5. The van der Waals surface area contributed by atoms with Gasteiger partial charge in [-0.3, -0.25) is 9.78 Å². The van der Waals surface area contributed by atoms with Gasteiger partial charge in [0.15, 0.2) is 0 Å². The summed E-state index contributed by atoms with van der Waals surface area (Å²) in [6, 6.07) is 11.5. The van der Waals surface area contributed by atoms with Gasteiger partial charge in [-0.15, -0.1) is 0 Å². The Labute approximate surface area is 183 Å². The summed E-state index contributed by atoms with van der Waals surface area (Å²) >= 11 is 0. The average Bonchev–Trinajstić information content (AvgIpc) is 3.10. The molecule has 0 fully saturated rings. The zero-order chi connectivity index (χ0) is 22.8. The van der Waals surface area contributed by atoms with Crippen molar-refractivity contribution in [1.29, 1.82) is 0 Å². The van der Waals surface area contributed by atoms with Crippen LogP contribution in [0.3, 0.4) is 0 Å². The minimum absolute atomic E-state index is 0.128. The molecule has 4 aromatic rings. The first-order valence-electron chi connectivity index (χ1n) is 10.0. The molecule has 0 radical (unpaired) electrons. The van der Waals surface area contributed by atoms with Gasteiger partial charge in [-0.05, 0) is 53.6 Å². The Morgan fingerprint density at radius 2 is 1.78 bits per heavy atom. The van der Waals surface area contributed by atoms with Crippen molar-refractivity contribution in [3.63, 3.8) is 0 Å². The number of aryl methyl sites for hydroxylation is 1. The Hall–Kier alpha value is -4.07. The van der Waals surface area contributed by atoms with Crippen molar-refractivity contribution in [2.75, 3.05) is 12.4 Å². The zero-order valence-electron chi connectivity index (χ0n) is 17.8. The van der Waals surface area contributed by atoms with Gasteiger partial charge in [0.25, 0.3) is 0 Å². The third kappa shape index (κ3) is 3.71. The van der Waals surface area contributed by atoms with E-state index in [9.17, 15) is 14.0 Å². The van der Waals surface area contributed by atoms with E-state index in [4.69, 9.17) is 4.74 Å². The Kier molecular flexibility index (Phi) is 5.68. The number of rotatable bonds is 5. The largest absolute Gasteiger partial charge is 0.465 e. The summed E-state index contributed by atoms with van der Waals surface area (Å²) < 4.78 is 20.4. The first-order chi connectivity index (χ1) is 15.4. The summed E-state index contributed by atoms with van der Waals surface area (Å²) in [5.41, 5.74) is 3.92. The molecule has 0 unspecified atom stereocenters. The van der Waals surface area contributed by atoms with Gasteiger partial charge in [-0.1, -0.05) is 6.92 Å². The molecular weight excluding hydrogens is 411 g/mol. The number of carbonyl (C=O) groups is 2. The number of carbonyl (C=O) groups excluding carboxylic acids is 2. The number of pyridine rings is 2. The molecule has 0 saturated carbocycles. The Morgan fingerprint density at radius 1 is 1.09 bits per heavy atom. The van der Waals surface area contributed by atoms with Crippen LogP contribution in [0.1, 0.15) is 23.7 Å². The number of benzene rings is 1. The number of halogens is 1. The van der Waals surface area contributed by atoms with E-state index < -0.39 is 5.97 Å². The monoisotopic (exact) mass is 432 g/mol. The van der Waals surface area contributed by atoms with E-state index in [1.807, 2.05) is 23.7 Å². The second-order valence-corrected chi connectivity index (χ2v) is 7.17. The number of ether oxygens (including phenoxy) is 1. The Bertz CT molecular complexity index is 1320. The molecule has 0 bridgehead atoms. The summed E-state index contributed by atoms with van der Waals surface area (Å²) in [5, 5.41) is 3.37. The summed E-state index contributed by atoms with van der Waals surface area (Å²) in [6.07, 6.45) is 3.58. The minimum atomic E-state index is -0.612. The lowest BCUT2D eigenvalue weighted by atomic mass is 9.99. The topological polar surface area (TPSA) is 86.1 Å². The molecule has 0 spiro atoms. The molecule has 1 aromatic carbocycles. The second-order valence-electron chi connectivity index (χ2n) is 7.17. The second kappa shape index (κ2) is 8.58.